The molecule has 1 heterocycles. The Morgan fingerprint density at radius 1 is 1.09 bits per heavy atom. The summed E-state index contributed by atoms with van der Waals surface area (Å²) in [6.07, 6.45) is 1.67. The fourth-order valence-corrected chi connectivity index (χ4v) is 2.73. The normalized spacial score (nSPS) is 16.4. The smallest absolute Gasteiger partial charge is 0.133 e. The van der Waals surface area contributed by atoms with Gasteiger partial charge < -0.3 is 9.47 Å². The third-order valence-electron chi connectivity index (χ3n) is 3.96. The van der Waals surface area contributed by atoms with Gasteiger partial charge in [-0.3, -0.25) is 0 Å². The van der Waals surface area contributed by atoms with E-state index < -0.39 is 0 Å². The minimum Gasteiger partial charge on any atom is -0.457 e. The van der Waals surface area contributed by atoms with E-state index in [1.54, 1.807) is 6.08 Å². The molecule has 2 aromatic carbocycles. The fraction of sp³-hybridized carbons (Fsp3) is 0.300. The number of para-hydroxylation sites is 1. The summed E-state index contributed by atoms with van der Waals surface area (Å²) in [5.41, 5.74) is 3.53. The topological polar surface area (TPSA) is 18.5 Å². The molecule has 1 unspecified atom stereocenters. The molecule has 1 atom stereocenters. The maximum atomic E-state index is 6.05. The van der Waals surface area contributed by atoms with Crippen LogP contribution in [0, 0.1) is 0 Å². The highest BCUT2D eigenvalue weighted by molar-refractivity contribution is 5.53. The minimum absolute atomic E-state index is 0.0922. The van der Waals surface area contributed by atoms with Gasteiger partial charge in [-0.15, -0.1) is 6.58 Å². The SMILES string of the molecule is C=CCOC1c2ccccc2Oc2ccc(C(C)(C)C)cc21. The van der Waals surface area contributed by atoms with Crippen LogP contribution in [0.5, 0.6) is 11.5 Å². The summed E-state index contributed by atoms with van der Waals surface area (Å²) >= 11 is 0. The number of hydrogen-bond acceptors (Lipinski definition) is 2. The quantitative estimate of drug-likeness (QED) is 0.707. The van der Waals surface area contributed by atoms with E-state index in [9.17, 15) is 0 Å². The van der Waals surface area contributed by atoms with E-state index in [0.29, 0.717) is 6.61 Å². The molecule has 0 saturated heterocycles. The first kappa shape index (κ1) is 14.9. The highest BCUT2D eigenvalue weighted by atomic mass is 16.5. The molecule has 0 radical (unpaired) electrons. The lowest BCUT2D eigenvalue weighted by Gasteiger charge is -2.30. The highest BCUT2D eigenvalue weighted by Gasteiger charge is 2.29. The van der Waals surface area contributed by atoms with Gasteiger partial charge in [-0.1, -0.05) is 51.1 Å². The van der Waals surface area contributed by atoms with Gasteiger partial charge in [0.15, 0.2) is 0 Å². The van der Waals surface area contributed by atoms with Crippen molar-refractivity contribution in [3.8, 4) is 11.5 Å². The van der Waals surface area contributed by atoms with Crippen LogP contribution in [0.2, 0.25) is 0 Å². The Morgan fingerprint density at radius 2 is 1.82 bits per heavy atom. The summed E-state index contributed by atoms with van der Waals surface area (Å²) in [6.45, 7) is 10.9. The zero-order chi connectivity index (χ0) is 15.7. The second-order valence-corrected chi connectivity index (χ2v) is 6.64. The van der Waals surface area contributed by atoms with Gasteiger partial charge in [-0.25, -0.2) is 0 Å². The molecule has 114 valence electrons. The standard InChI is InChI=1S/C20H22O2/c1-5-12-21-19-15-8-6-7-9-17(15)22-18-11-10-14(13-16(18)19)20(2,3)4/h5-11,13,19H,1,12H2,2-4H3. The summed E-state index contributed by atoms with van der Waals surface area (Å²) < 4.78 is 12.1. The van der Waals surface area contributed by atoms with E-state index in [4.69, 9.17) is 9.47 Å². The van der Waals surface area contributed by atoms with E-state index >= 15 is 0 Å². The van der Waals surface area contributed by atoms with Crippen molar-refractivity contribution < 1.29 is 9.47 Å². The van der Waals surface area contributed by atoms with Crippen molar-refractivity contribution in [1.82, 2.24) is 0 Å². The first-order valence-electron chi connectivity index (χ1n) is 7.64. The van der Waals surface area contributed by atoms with Crippen LogP contribution in [0.25, 0.3) is 0 Å². The molecule has 2 nitrogen and oxygen atoms in total. The molecule has 0 bridgehead atoms. The molecular formula is C20H22O2. The molecule has 3 rings (SSSR count). The number of rotatable bonds is 3. The van der Waals surface area contributed by atoms with Crippen molar-refractivity contribution in [1.29, 1.82) is 0 Å². The first-order chi connectivity index (χ1) is 10.5. The fourth-order valence-electron chi connectivity index (χ4n) is 2.73. The van der Waals surface area contributed by atoms with Crippen molar-refractivity contribution in [2.45, 2.75) is 32.3 Å². The maximum Gasteiger partial charge on any atom is 0.133 e. The van der Waals surface area contributed by atoms with E-state index in [1.807, 2.05) is 18.2 Å². The van der Waals surface area contributed by atoms with Crippen LogP contribution in [-0.2, 0) is 10.2 Å². The monoisotopic (exact) mass is 294 g/mol. The summed E-state index contributed by atoms with van der Waals surface area (Å²) in [5.74, 6) is 1.74. The molecule has 0 spiro atoms. The molecule has 2 aromatic rings. The van der Waals surface area contributed by atoms with E-state index in [-0.39, 0.29) is 11.5 Å². The number of fused-ring (bicyclic) bond motifs is 2. The predicted octanol–water partition coefficient (Wildman–Crippen LogP) is 5.38. The number of hydrogen-bond donors (Lipinski definition) is 0. The van der Waals surface area contributed by atoms with Gasteiger partial charge in [-0.05, 0) is 29.2 Å². The Balaban J connectivity index is 2.10. The van der Waals surface area contributed by atoms with Crippen molar-refractivity contribution in [2.75, 3.05) is 6.61 Å². The van der Waals surface area contributed by atoms with Crippen LogP contribution in [-0.4, -0.2) is 6.61 Å². The molecule has 0 aromatic heterocycles. The predicted molar refractivity (Wildman–Crippen MR) is 89.7 cm³/mol. The highest BCUT2D eigenvalue weighted by Crippen LogP contribution is 2.45. The van der Waals surface area contributed by atoms with Gasteiger partial charge in [0.1, 0.15) is 17.6 Å². The third-order valence-corrected chi connectivity index (χ3v) is 3.96. The van der Waals surface area contributed by atoms with Gasteiger partial charge in [0.2, 0.25) is 0 Å². The molecule has 0 saturated carbocycles. The Kier molecular flexibility index (Phi) is 3.79. The number of ether oxygens (including phenoxy) is 2. The molecule has 1 aliphatic rings. The molecule has 0 N–H and O–H groups in total. The van der Waals surface area contributed by atoms with Gasteiger partial charge in [0.25, 0.3) is 0 Å². The van der Waals surface area contributed by atoms with Crippen molar-refractivity contribution in [3.05, 3.63) is 71.8 Å². The second kappa shape index (κ2) is 5.62. The van der Waals surface area contributed by atoms with Crippen LogP contribution in [0.3, 0.4) is 0 Å². The lowest BCUT2D eigenvalue weighted by atomic mass is 9.84. The molecule has 0 aliphatic carbocycles. The Labute approximate surface area is 132 Å². The maximum absolute atomic E-state index is 6.05. The summed E-state index contributed by atoms with van der Waals surface area (Å²) in [4.78, 5) is 0. The molecular weight excluding hydrogens is 272 g/mol. The Hall–Kier alpha value is -2.06. The van der Waals surface area contributed by atoms with Gasteiger partial charge in [0.05, 0.1) is 6.61 Å². The van der Waals surface area contributed by atoms with E-state index in [1.165, 1.54) is 5.56 Å². The first-order valence-corrected chi connectivity index (χ1v) is 7.64. The number of benzene rings is 2. The van der Waals surface area contributed by atoms with Crippen LogP contribution in [0.4, 0.5) is 0 Å². The van der Waals surface area contributed by atoms with Crippen molar-refractivity contribution >= 4 is 0 Å². The second-order valence-electron chi connectivity index (χ2n) is 6.64. The van der Waals surface area contributed by atoms with E-state index in [0.717, 1.165) is 22.6 Å². The molecule has 0 amide bonds. The average Bonchev–Trinajstić information content (AvgIpc) is 2.50. The van der Waals surface area contributed by atoms with Gasteiger partial charge in [0, 0.05) is 11.1 Å². The summed E-state index contributed by atoms with van der Waals surface area (Å²) in [5, 5.41) is 0. The van der Waals surface area contributed by atoms with Gasteiger partial charge in [-0.2, -0.15) is 0 Å². The molecule has 22 heavy (non-hydrogen) atoms. The lowest BCUT2D eigenvalue weighted by molar-refractivity contribution is 0.0960. The van der Waals surface area contributed by atoms with Gasteiger partial charge >= 0.3 is 0 Å². The molecule has 0 fully saturated rings. The van der Waals surface area contributed by atoms with Crippen LogP contribution >= 0.6 is 0 Å². The average molecular weight is 294 g/mol. The minimum atomic E-state index is -0.111. The Bertz CT molecular complexity index is 695. The van der Waals surface area contributed by atoms with Crippen molar-refractivity contribution in [2.24, 2.45) is 0 Å². The largest absolute Gasteiger partial charge is 0.457 e. The molecule has 2 heteroatoms. The third kappa shape index (κ3) is 2.67. The summed E-state index contributed by atoms with van der Waals surface area (Å²) in [7, 11) is 0. The zero-order valence-electron chi connectivity index (χ0n) is 13.4. The van der Waals surface area contributed by atoms with Crippen LogP contribution in [0.1, 0.15) is 43.6 Å². The van der Waals surface area contributed by atoms with Crippen LogP contribution in [0.15, 0.2) is 55.1 Å². The lowest BCUT2D eigenvalue weighted by Crippen LogP contribution is -2.17. The molecule has 1 aliphatic heterocycles. The van der Waals surface area contributed by atoms with Crippen molar-refractivity contribution in [3.63, 3.8) is 0 Å². The van der Waals surface area contributed by atoms with Crippen LogP contribution < -0.4 is 4.74 Å². The zero-order valence-corrected chi connectivity index (χ0v) is 13.4. The summed E-state index contributed by atoms with van der Waals surface area (Å²) in [6, 6.07) is 14.4. The Morgan fingerprint density at radius 3 is 2.55 bits per heavy atom. The van der Waals surface area contributed by atoms with E-state index in [2.05, 4.69) is 51.6 Å².